The molecule has 1 atom stereocenters. The van der Waals surface area contributed by atoms with Crippen LogP contribution in [-0.4, -0.2) is 36.0 Å². The summed E-state index contributed by atoms with van der Waals surface area (Å²) in [4.78, 5) is 19.4. The summed E-state index contributed by atoms with van der Waals surface area (Å²) in [6, 6.07) is 4.46. The minimum Gasteiger partial charge on any atom is -0.490 e. The molecule has 2 N–H and O–H groups in total. The third kappa shape index (κ3) is 5.24. The van der Waals surface area contributed by atoms with Crippen LogP contribution in [0.1, 0.15) is 94.7 Å². The molecule has 1 aromatic rings. The molecule has 0 spiro atoms. The highest BCUT2D eigenvalue weighted by Crippen LogP contribution is 2.37. The Kier molecular flexibility index (Phi) is 7.66. The maximum Gasteiger partial charge on any atom is 0.260 e. The molecule has 31 heavy (non-hydrogen) atoms. The number of nitrogens with two attached hydrogens (primary N) is 1. The van der Waals surface area contributed by atoms with Crippen molar-refractivity contribution in [1.29, 1.82) is 0 Å². The van der Waals surface area contributed by atoms with E-state index in [0.717, 1.165) is 31.4 Å². The van der Waals surface area contributed by atoms with E-state index in [0.29, 0.717) is 17.8 Å². The Labute approximate surface area is 188 Å². The fraction of sp³-hybridized carbons (Fsp3) is 0.692. The van der Waals surface area contributed by atoms with Crippen LogP contribution in [0.15, 0.2) is 17.1 Å². The monoisotopic (exact) mass is 427 g/mol. The fourth-order valence-corrected chi connectivity index (χ4v) is 5.07. The molecule has 1 unspecified atom stereocenters. The molecular formula is C26H41N3O2. The van der Waals surface area contributed by atoms with Crippen LogP contribution in [0.3, 0.4) is 0 Å². The van der Waals surface area contributed by atoms with Crippen LogP contribution >= 0.6 is 0 Å². The van der Waals surface area contributed by atoms with Gasteiger partial charge in [-0.25, -0.2) is 4.99 Å². The van der Waals surface area contributed by atoms with Gasteiger partial charge in [0.25, 0.3) is 5.91 Å². The lowest BCUT2D eigenvalue weighted by molar-refractivity contribution is -0.132. The molecule has 5 heteroatoms. The number of aryl methyl sites for hydroxylation is 2. The van der Waals surface area contributed by atoms with Crippen molar-refractivity contribution in [3.8, 4) is 5.75 Å². The van der Waals surface area contributed by atoms with E-state index in [4.69, 9.17) is 15.5 Å². The van der Waals surface area contributed by atoms with Crippen molar-refractivity contribution in [3.05, 3.63) is 28.8 Å². The van der Waals surface area contributed by atoms with Gasteiger partial charge in [0, 0.05) is 7.05 Å². The van der Waals surface area contributed by atoms with Gasteiger partial charge in [-0.3, -0.25) is 9.69 Å². The smallest absolute Gasteiger partial charge is 0.260 e. The molecule has 5 nitrogen and oxygen atoms in total. The molecule has 0 saturated heterocycles. The van der Waals surface area contributed by atoms with E-state index in [1.54, 1.807) is 7.05 Å². The lowest BCUT2D eigenvalue weighted by Gasteiger charge is -2.31. The van der Waals surface area contributed by atoms with Gasteiger partial charge in [-0.05, 0) is 60.8 Å². The summed E-state index contributed by atoms with van der Waals surface area (Å²) in [7, 11) is 1.72. The number of nitrogens with zero attached hydrogens (tertiary/aromatic N) is 2. The second kappa shape index (κ2) is 10.1. The van der Waals surface area contributed by atoms with Gasteiger partial charge in [-0.1, -0.05) is 65.4 Å². The number of ether oxygens (including phenoxy) is 1. The van der Waals surface area contributed by atoms with Crippen molar-refractivity contribution in [1.82, 2.24) is 4.90 Å². The maximum atomic E-state index is 13.2. The lowest BCUT2D eigenvalue weighted by Crippen LogP contribution is -2.47. The van der Waals surface area contributed by atoms with Gasteiger partial charge >= 0.3 is 0 Å². The highest BCUT2D eigenvalue weighted by atomic mass is 16.5. The van der Waals surface area contributed by atoms with Gasteiger partial charge in [0.1, 0.15) is 12.4 Å². The molecule has 1 aliphatic heterocycles. The predicted octanol–water partition coefficient (Wildman–Crippen LogP) is 5.34. The molecule has 1 aromatic carbocycles. The number of likely N-dealkylation sites (N-methyl/N-ethyl adjacent to an activating group) is 1. The van der Waals surface area contributed by atoms with Crippen molar-refractivity contribution in [3.63, 3.8) is 0 Å². The number of amides is 1. The van der Waals surface area contributed by atoms with Crippen LogP contribution in [0.5, 0.6) is 5.75 Å². The van der Waals surface area contributed by atoms with Crippen molar-refractivity contribution in [2.24, 2.45) is 16.6 Å². The van der Waals surface area contributed by atoms with Gasteiger partial charge in [-0.15, -0.1) is 0 Å². The normalized spacial score (nSPS) is 22.3. The van der Waals surface area contributed by atoms with Crippen LogP contribution < -0.4 is 10.5 Å². The highest BCUT2D eigenvalue weighted by Gasteiger charge is 2.48. The van der Waals surface area contributed by atoms with Crippen molar-refractivity contribution in [2.45, 2.75) is 96.9 Å². The molecular weight excluding hydrogens is 386 g/mol. The number of hydrogen-bond acceptors (Lipinski definition) is 4. The van der Waals surface area contributed by atoms with E-state index in [-0.39, 0.29) is 12.5 Å². The Hall–Kier alpha value is -2.04. The Balaban J connectivity index is 1.86. The zero-order valence-corrected chi connectivity index (χ0v) is 20.2. The van der Waals surface area contributed by atoms with E-state index in [1.807, 2.05) is 0 Å². The van der Waals surface area contributed by atoms with E-state index >= 15 is 0 Å². The molecule has 1 aliphatic carbocycles. The van der Waals surface area contributed by atoms with Crippen LogP contribution in [0.25, 0.3) is 0 Å². The summed E-state index contributed by atoms with van der Waals surface area (Å²) < 4.78 is 6.42. The number of guanidine groups is 1. The van der Waals surface area contributed by atoms with Gasteiger partial charge < -0.3 is 10.5 Å². The third-order valence-electron chi connectivity index (χ3n) is 7.08. The first-order valence-corrected chi connectivity index (χ1v) is 12.2. The number of carbonyl (C=O) groups excluding carboxylic acids is 1. The minimum absolute atomic E-state index is 0.0297. The summed E-state index contributed by atoms with van der Waals surface area (Å²) in [5.41, 5.74) is 9.05. The number of hydrogen-bond donors (Lipinski definition) is 1. The van der Waals surface area contributed by atoms with Gasteiger partial charge in [0.05, 0.1) is 0 Å². The molecule has 0 bridgehead atoms. The second-order valence-electron chi connectivity index (χ2n) is 9.94. The van der Waals surface area contributed by atoms with E-state index in [1.165, 1.54) is 53.7 Å². The zero-order chi connectivity index (χ0) is 22.6. The summed E-state index contributed by atoms with van der Waals surface area (Å²) >= 11 is 0. The van der Waals surface area contributed by atoms with E-state index in [2.05, 4.69) is 39.8 Å². The summed E-state index contributed by atoms with van der Waals surface area (Å²) in [5, 5.41) is 0. The summed E-state index contributed by atoms with van der Waals surface area (Å²) in [6.45, 7) is 9.03. The summed E-state index contributed by atoms with van der Waals surface area (Å²) in [5.74, 6) is 2.01. The Morgan fingerprint density at radius 3 is 2.55 bits per heavy atom. The quantitative estimate of drug-likeness (QED) is 0.579. The average molecular weight is 428 g/mol. The number of carbonyl (C=O) groups is 1. The molecule has 0 aromatic heterocycles. The molecule has 1 saturated carbocycles. The fourth-order valence-electron chi connectivity index (χ4n) is 5.07. The van der Waals surface area contributed by atoms with Gasteiger partial charge in [0.2, 0.25) is 0 Å². The molecule has 3 rings (SSSR count). The number of unbranched alkanes of at least 4 members (excludes halogenated alkanes) is 1. The van der Waals surface area contributed by atoms with Crippen molar-refractivity contribution >= 4 is 11.9 Å². The first-order valence-electron chi connectivity index (χ1n) is 12.2. The number of aliphatic imine (C=N–C) groups is 1. The number of rotatable bonds is 9. The van der Waals surface area contributed by atoms with Crippen LogP contribution in [0.4, 0.5) is 0 Å². The molecule has 1 amide bonds. The van der Waals surface area contributed by atoms with Crippen LogP contribution in [-0.2, 0) is 11.2 Å². The van der Waals surface area contributed by atoms with Crippen molar-refractivity contribution < 1.29 is 9.53 Å². The number of benzene rings is 1. The zero-order valence-electron chi connectivity index (χ0n) is 20.2. The molecule has 2 aliphatic rings. The Bertz CT molecular complexity index is 811. The molecule has 172 valence electrons. The first kappa shape index (κ1) is 23.6. The molecule has 1 heterocycles. The third-order valence-corrected chi connectivity index (χ3v) is 7.08. The Morgan fingerprint density at radius 1 is 1.26 bits per heavy atom. The van der Waals surface area contributed by atoms with Crippen molar-refractivity contribution in [2.75, 3.05) is 13.7 Å². The summed E-state index contributed by atoms with van der Waals surface area (Å²) in [6.07, 6.45) is 10.3. The van der Waals surface area contributed by atoms with Crippen LogP contribution in [0.2, 0.25) is 0 Å². The average Bonchev–Trinajstić information content (AvgIpc) is 2.95. The van der Waals surface area contributed by atoms with E-state index in [9.17, 15) is 4.79 Å². The largest absolute Gasteiger partial charge is 0.490 e. The topological polar surface area (TPSA) is 67.9 Å². The lowest BCUT2D eigenvalue weighted by atomic mass is 9.79. The van der Waals surface area contributed by atoms with E-state index < -0.39 is 5.54 Å². The maximum absolute atomic E-state index is 13.2. The SMILES string of the molecule is CCCCc1cc(C(C)C)c(OCC2(CC3CCCCC3)N=C(N)N(C)C2=O)cc1C. The predicted molar refractivity (Wildman–Crippen MR) is 128 cm³/mol. The molecule has 0 radical (unpaired) electrons. The Morgan fingerprint density at radius 2 is 1.97 bits per heavy atom. The highest BCUT2D eigenvalue weighted by molar-refractivity contribution is 6.06. The minimum atomic E-state index is -0.899. The van der Waals surface area contributed by atoms with Crippen LogP contribution in [0, 0.1) is 12.8 Å². The second-order valence-corrected chi connectivity index (χ2v) is 9.94. The van der Waals surface area contributed by atoms with Gasteiger partial charge in [0.15, 0.2) is 11.5 Å². The standard InChI is InChI=1S/C26H41N3O2/c1-6-7-13-21-15-22(18(2)3)23(14-19(21)4)31-17-26(16-20-11-9-8-10-12-20)24(30)29(5)25(27)28-26/h14-15,18,20H,6-13,16-17H2,1-5H3,(H2,27,28). The first-order chi connectivity index (χ1) is 14.8. The molecule has 1 fully saturated rings. The van der Waals surface area contributed by atoms with Gasteiger partial charge in [-0.2, -0.15) is 0 Å².